The lowest BCUT2D eigenvalue weighted by Gasteiger charge is -2.33. The van der Waals surface area contributed by atoms with Gasteiger partial charge in [0.1, 0.15) is 11.4 Å². The van der Waals surface area contributed by atoms with Crippen LogP contribution in [0.5, 0.6) is 5.75 Å². The van der Waals surface area contributed by atoms with Gasteiger partial charge in [0.2, 0.25) is 0 Å². The fourth-order valence-electron chi connectivity index (χ4n) is 2.44. The number of pyridine rings is 1. The first-order chi connectivity index (χ1) is 10.3. The van der Waals surface area contributed by atoms with Crippen LogP contribution in [0.2, 0.25) is 0 Å². The highest BCUT2D eigenvalue weighted by molar-refractivity contribution is 5.68. The highest BCUT2D eigenvalue weighted by Gasteiger charge is 2.27. The maximum atomic E-state index is 12.0. The van der Waals surface area contributed by atoms with Crippen LogP contribution in [0.1, 0.15) is 39.3 Å². The van der Waals surface area contributed by atoms with E-state index in [0.717, 1.165) is 37.4 Å². The summed E-state index contributed by atoms with van der Waals surface area (Å²) in [7, 11) is 0. The number of hydrogen-bond acceptors (Lipinski definition) is 4. The molecule has 2 rings (SSSR count). The molecule has 5 nitrogen and oxygen atoms in total. The van der Waals surface area contributed by atoms with Crippen LogP contribution in [0.25, 0.3) is 0 Å². The number of aryl methyl sites for hydroxylation is 1. The lowest BCUT2D eigenvalue weighted by molar-refractivity contribution is 0.0165. The van der Waals surface area contributed by atoms with E-state index < -0.39 is 5.60 Å². The van der Waals surface area contributed by atoms with E-state index in [0.29, 0.717) is 12.5 Å². The van der Waals surface area contributed by atoms with Gasteiger partial charge in [-0.05, 0) is 58.6 Å². The molecule has 1 aliphatic heterocycles. The number of nitrogens with zero attached hydrogens (tertiary/aromatic N) is 2. The molecule has 122 valence electrons. The zero-order chi connectivity index (χ0) is 16.2. The largest absolute Gasteiger partial charge is 0.491 e. The minimum Gasteiger partial charge on any atom is -0.491 e. The SMILES string of the molecule is Cc1ncccc1OCC1CCN(C(=O)OC(C)(C)C)CC1. The van der Waals surface area contributed by atoms with Crippen LogP contribution in [-0.4, -0.2) is 41.3 Å². The summed E-state index contributed by atoms with van der Waals surface area (Å²) in [6, 6.07) is 3.83. The molecule has 0 saturated carbocycles. The maximum absolute atomic E-state index is 12.0. The van der Waals surface area contributed by atoms with Gasteiger partial charge in [0.05, 0.1) is 12.3 Å². The first-order valence-electron chi connectivity index (χ1n) is 7.87. The van der Waals surface area contributed by atoms with E-state index in [2.05, 4.69) is 4.98 Å². The molecule has 0 radical (unpaired) electrons. The summed E-state index contributed by atoms with van der Waals surface area (Å²) in [5.74, 6) is 1.32. The molecule has 22 heavy (non-hydrogen) atoms. The van der Waals surface area contributed by atoms with Gasteiger partial charge in [-0.25, -0.2) is 4.79 Å². The minimum atomic E-state index is -0.436. The van der Waals surface area contributed by atoms with Gasteiger partial charge in [-0.3, -0.25) is 4.98 Å². The van der Waals surface area contributed by atoms with Crippen LogP contribution in [0, 0.1) is 12.8 Å². The molecule has 0 spiro atoms. The molecule has 5 heteroatoms. The average molecular weight is 306 g/mol. The Morgan fingerprint density at radius 1 is 1.36 bits per heavy atom. The van der Waals surface area contributed by atoms with Gasteiger partial charge in [-0.15, -0.1) is 0 Å². The molecule has 1 saturated heterocycles. The number of ether oxygens (including phenoxy) is 2. The third-order valence-electron chi connectivity index (χ3n) is 3.70. The van der Waals surface area contributed by atoms with Crippen molar-refractivity contribution in [2.45, 2.75) is 46.1 Å². The van der Waals surface area contributed by atoms with Gasteiger partial charge in [-0.1, -0.05) is 0 Å². The first kappa shape index (κ1) is 16.6. The third kappa shape index (κ3) is 4.90. The van der Waals surface area contributed by atoms with Crippen LogP contribution >= 0.6 is 0 Å². The molecular weight excluding hydrogens is 280 g/mol. The Labute approximate surface area is 132 Å². The van der Waals surface area contributed by atoms with Crippen molar-refractivity contribution >= 4 is 6.09 Å². The number of piperidine rings is 1. The molecule has 0 aliphatic carbocycles. The summed E-state index contributed by atoms with van der Waals surface area (Å²) >= 11 is 0. The summed E-state index contributed by atoms with van der Waals surface area (Å²) in [6.07, 6.45) is 3.44. The lowest BCUT2D eigenvalue weighted by Crippen LogP contribution is -2.42. The fourth-order valence-corrected chi connectivity index (χ4v) is 2.44. The number of rotatable bonds is 3. The van der Waals surface area contributed by atoms with E-state index in [4.69, 9.17) is 9.47 Å². The highest BCUT2D eigenvalue weighted by Crippen LogP contribution is 2.22. The van der Waals surface area contributed by atoms with E-state index in [-0.39, 0.29) is 6.09 Å². The summed E-state index contributed by atoms with van der Waals surface area (Å²) in [5, 5.41) is 0. The molecule has 1 fully saturated rings. The number of likely N-dealkylation sites (tertiary alicyclic amines) is 1. The maximum Gasteiger partial charge on any atom is 0.410 e. The van der Waals surface area contributed by atoms with Crippen LogP contribution in [0.15, 0.2) is 18.3 Å². The molecule has 0 aromatic carbocycles. The molecule has 1 aromatic heterocycles. The second kappa shape index (κ2) is 6.99. The predicted molar refractivity (Wildman–Crippen MR) is 85.0 cm³/mol. The summed E-state index contributed by atoms with van der Waals surface area (Å²) in [4.78, 5) is 18.0. The van der Waals surface area contributed by atoms with Gasteiger partial charge in [-0.2, -0.15) is 0 Å². The third-order valence-corrected chi connectivity index (χ3v) is 3.70. The zero-order valence-electron chi connectivity index (χ0n) is 14.0. The standard InChI is InChI=1S/C17H26N2O3/c1-13-15(6-5-9-18-13)21-12-14-7-10-19(11-8-14)16(20)22-17(2,3)4/h5-6,9,14H,7-8,10-12H2,1-4H3. The van der Waals surface area contributed by atoms with Gasteiger partial charge < -0.3 is 14.4 Å². The Bertz CT molecular complexity index is 503. The first-order valence-corrected chi connectivity index (χ1v) is 7.87. The smallest absolute Gasteiger partial charge is 0.410 e. The van der Waals surface area contributed by atoms with Gasteiger partial charge in [0.25, 0.3) is 0 Å². The van der Waals surface area contributed by atoms with Crippen molar-refractivity contribution < 1.29 is 14.3 Å². The van der Waals surface area contributed by atoms with Crippen molar-refractivity contribution in [3.63, 3.8) is 0 Å². The van der Waals surface area contributed by atoms with Crippen molar-refractivity contribution in [1.82, 2.24) is 9.88 Å². The van der Waals surface area contributed by atoms with Crippen LogP contribution in [0.4, 0.5) is 4.79 Å². The second-order valence-corrected chi connectivity index (χ2v) is 6.81. The fraction of sp³-hybridized carbons (Fsp3) is 0.647. The zero-order valence-corrected chi connectivity index (χ0v) is 14.0. The molecule has 0 bridgehead atoms. The summed E-state index contributed by atoms with van der Waals surface area (Å²) in [5.41, 5.74) is 0.475. The molecule has 1 aliphatic rings. The van der Waals surface area contributed by atoms with Crippen LogP contribution in [0.3, 0.4) is 0 Å². The van der Waals surface area contributed by atoms with E-state index in [1.807, 2.05) is 39.8 Å². The Morgan fingerprint density at radius 3 is 2.64 bits per heavy atom. The number of carbonyl (C=O) groups excluding carboxylic acids is 1. The minimum absolute atomic E-state index is 0.213. The van der Waals surface area contributed by atoms with Crippen molar-refractivity contribution in [1.29, 1.82) is 0 Å². The summed E-state index contributed by atoms with van der Waals surface area (Å²) < 4.78 is 11.3. The van der Waals surface area contributed by atoms with Gasteiger partial charge in [0, 0.05) is 19.3 Å². The number of amides is 1. The van der Waals surface area contributed by atoms with Gasteiger partial charge >= 0.3 is 6.09 Å². The highest BCUT2D eigenvalue weighted by atomic mass is 16.6. The number of aromatic nitrogens is 1. The van der Waals surface area contributed by atoms with E-state index >= 15 is 0 Å². The lowest BCUT2D eigenvalue weighted by atomic mass is 9.98. The predicted octanol–water partition coefficient (Wildman–Crippen LogP) is 3.42. The van der Waals surface area contributed by atoms with Crippen molar-refractivity contribution in [3.8, 4) is 5.75 Å². The Hall–Kier alpha value is -1.78. The van der Waals surface area contributed by atoms with Crippen molar-refractivity contribution in [2.75, 3.05) is 19.7 Å². The molecule has 0 atom stereocenters. The summed E-state index contributed by atoms with van der Waals surface area (Å²) in [6.45, 7) is 9.75. The van der Waals surface area contributed by atoms with Crippen molar-refractivity contribution in [2.24, 2.45) is 5.92 Å². The topological polar surface area (TPSA) is 51.7 Å². The van der Waals surface area contributed by atoms with Crippen LogP contribution < -0.4 is 4.74 Å². The number of carbonyl (C=O) groups is 1. The normalized spacial score (nSPS) is 16.5. The molecule has 0 unspecified atom stereocenters. The Kier molecular flexibility index (Phi) is 5.27. The molecular formula is C17H26N2O3. The van der Waals surface area contributed by atoms with E-state index in [9.17, 15) is 4.79 Å². The Morgan fingerprint density at radius 2 is 2.05 bits per heavy atom. The number of hydrogen-bond donors (Lipinski definition) is 0. The Balaban J connectivity index is 1.76. The average Bonchev–Trinajstić information content (AvgIpc) is 2.45. The molecule has 0 N–H and O–H groups in total. The monoisotopic (exact) mass is 306 g/mol. The second-order valence-electron chi connectivity index (χ2n) is 6.81. The van der Waals surface area contributed by atoms with E-state index in [1.54, 1.807) is 11.1 Å². The van der Waals surface area contributed by atoms with Gasteiger partial charge in [0.15, 0.2) is 0 Å². The van der Waals surface area contributed by atoms with Crippen molar-refractivity contribution in [3.05, 3.63) is 24.0 Å². The quantitative estimate of drug-likeness (QED) is 0.858. The molecule has 2 heterocycles. The van der Waals surface area contributed by atoms with Crippen LogP contribution in [-0.2, 0) is 4.74 Å². The van der Waals surface area contributed by atoms with E-state index in [1.165, 1.54) is 0 Å². The molecule has 1 aromatic rings. The molecule has 1 amide bonds.